The van der Waals surface area contributed by atoms with E-state index in [2.05, 4.69) is 0 Å². The lowest BCUT2D eigenvalue weighted by Crippen LogP contribution is -2.39. The van der Waals surface area contributed by atoms with Crippen molar-refractivity contribution in [1.29, 1.82) is 0 Å². The second-order valence-electron chi connectivity index (χ2n) is 8.90. The lowest BCUT2D eigenvalue weighted by atomic mass is 9.71. The van der Waals surface area contributed by atoms with Crippen molar-refractivity contribution in [2.24, 2.45) is 10.8 Å². The number of carbonyl (C=O) groups is 2. The van der Waals surface area contributed by atoms with Gasteiger partial charge in [-0.1, -0.05) is 6.42 Å². The normalized spacial score (nSPS) is 13.5. The fourth-order valence-electron chi connectivity index (χ4n) is 3.44. The van der Waals surface area contributed by atoms with Crippen LogP contribution in [0, 0.1) is 10.8 Å². The number of aliphatic hydroxyl groups excluding tert-OH is 1. The van der Waals surface area contributed by atoms with Gasteiger partial charge in [-0.05, 0) is 40.0 Å². The van der Waals surface area contributed by atoms with Crippen LogP contribution in [0.2, 0.25) is 0 Å². The first-order valence-corrected chi connectivity index (χ1v) is 11.9. The molecule has 34 heavy (non-hydrogen) atoms. The molecule has 10 nitrogen and oxygen atoms in total. The van der Waals surface area contributed by atoms with Gasteiger partial charge in [0.15, 0.2) is 0 Å². The van der Waals surface area contributed by atoms with Gasteiger partial charge in [-0.15, -0.1) is 0 Å². The van der Waals surface area contributed by atoms with Crippen molar-refractivity contribution in [1.82, 2.24) is 0 Å². The van der Waals surface area contributed by atoms with Crippen LogP contribution in [0.1, 0.15) is 46.5 Å². The molecule has 1 atom stereocenters. The van der Waals surface area contributed by atoms with Crippen molar-refractivity contribution in [3.63, 3.8) is 0 Å². The molecule has 0 aliphatic rings. The van der Waals surface area contributed by atoms with Crippen molar-refractivity contribution < 1.29 is 47.9 Å². The molecule has 202 valence electrons. The lowest BCUT2D eigenvalue weighted by Gasteiger charge is -2.34. The third kappa shape index (κ3) is 15.6. The van der Waals surface area contributed by atoms with E-state index in [1.165, 1.54) is 0 Å². The number of carbonyl (C=O) groups excluding carboxylic acids is 2. The molecule has 0 aliphatic carbocycles. The number of methoxy groups -OCH3 is 2. The Morgan fingerprint density at radius 1 is 0.647 bits per heavy atom. The van der Waals surface area contributed by atoms with E-state index in [1.807, 2.05) is 6.92 Å². The number of unbranched alkanes of at least 4 members (excludes halogenated alkanes) is 1. The fraction of sp³-hybridized carbons (Fsp3) is 0.917. The number of aliphatic hydroxyl groups is 1. The molecule has 0 radical (unpaired) electrons. The summed E-state index contributed by atoms with van der Waals surface area (Å²) >= 11 is 0. The smallest absolute Gasteiger partial charge is 0.311 e. The summed E-state index contributed by atoms with van der Waals surface area (Å²) in [7, 11) is 3.08. The Bertz CT molecular complexity index is 526. The second kappa shape index (κ2) is 19.9. The molecule has 1 N–H and O–H groups in total. The summed E-state index contributed by atoms with van der Waals surface area (Å²) in [4.78, 5) is 25.5. The van der Waals surface area contributed by atoms with E-state index in [1.54, 1.807) is 28.1 Å². The monoisotopic (exact) mass is 494 g/mol. The highest BCUT2D eigenvalue weighted by Crippen LogP contribution is 2.39. The Morgan fingerprint density at radius 3 is 1.68 bits per heavy atom. The van der Waals surface area contributed by atoms with Gasteiger partial charge in [-0.25, -0.2) is 0 Å². The molecule has 1 unspecified atom stereocenters. The predicted octanol–water partition coefficient (Wildman–Crippen LogP) is 2.00. The van der Waals surface area contributed by atoms with Crippen molar-refractivity contribution in [2.45, 2.75) is 46.5 Å². The van der Waals surface area contributed by atoms with Crippen molar-refractivity contribution in [3.8, 4) is 0 Å². The standard InChI is InChI=1S/C24H46O10/c1-23(2,21(26)33-18-12-28-4)20-24(3,22(27)34-19-13-29-5)8-6-7-10-30-14-16-32-17-15-31-11-9-25/h25H,6-20H2,1-5H3. The maximum absolute atomic E-state index is 12.9. The molecule has 0 spiro atoms. The number of hydrogen-bond donors (Lipinski definition) is 1. The van der Waals surface area contributed by atoms with Crippen molar-refractivity contribution >= 4 is 11.9 Å². The maximum atomic E-state index is 12.9. The Kier molecular flexibility index (Phi) is 19.2. The van der Waals surface area contributed by atoms with Crippen LogP contribution >= 0.6 is 0 Å². The van der Waals surface area contributed by atoms with Gasteiger partial charge in [-0.3, -0.25) is 9.59 Å². The minimum atomic E-state index is -0.864. The zero-order chi connectivity index (χ0) is 25.7. The van der Waals surface area contributed by atoms with Crippen LogP contribution < -0.4 is 0 Å². The van der Waals surface area contributed by atoms with Crippen molar-refractivity contribution in [2.75, 3.05) is 86.9 Å². The number of ether oxygens (including phenoxy) is 7. The molecule has 0 aliphatic heterocycles. The number of rotatable bonds is 23. The highest BCUT2D eigenvalue weighted by atomic mass is 16.6. The Hall–Kier alpha value is -1.30. The molecule has 0 saturated carbocycles. The SMILES string of the molecule is COCCOC(=O)C(C)(C)CC(C)(CCCCOCCOCCOCCO)C(=O)OCCOC. The van der Waals surface area contributed by atoms with E-state index in [4.69, 9.17) is 38.3 Å². The van der Waals surface area contributed by atoms with E-state index >= 15 is 0 Å². The maximum Gasteiger partial charge on any atom is 0.311 e. The van der Waals surface area contributed by atoms with Crippen LogP contribution in [0.3, 0.4) is 0 Å². The zero-order valence-electron chi connectivity index (χ0n) is 21.7. The van der Waals surface area contributed by atoms with Crippen LogP contribution in [0.25, 0.3) is 0 Å². The van der Waals surface area contributed by atoms with Crippen LogP contribution in [0.4, 0.5) is 0 Å². The Labute approximate surface area is 204 Å². The first-order chi connectivity index (χ1) is 16.2. The van der Waals surface area contributed by atoms with E-state index in [-0.39, 0.29) is 31.8 Å². The first kappa shape index (κ1) is 32.7. The third-order valence-electron chi connectivity index (χ3n) is 5.17. The molecule has 0 amide bonds. The highest BCUT2D eigenvalue weighted by Gasteiger charge is 2.43. The summed E-state index contributed by atoms with van der Waals surface area (Å²) in [6, 6.07) is 0. The molecule has 10 heteroatoms. The van der Waals surface area contributed by atoms with Gasteiger partial charge in [0.2, 0.25) is 0 Å². The number of hydrogen-bond acceptors (Lipinski definition) is 10. The zero-order valence-corrected chi connectivity index (χ0v) is 21.7. The van der Waals surface area contributed by atoms with Crippen LogP contribution in [0.15, 0.2) is 0 Å². The molecule has 0 rings (SSSR count). The Morgan fingerprint density at radius 2 is 1.15 bits per heavy atom. The van der Waals surface area contributed by atoms with Gasteiger partial charge in [0.05, 0.1) is 63.7 Å². The van der Waals surface area contributed by atoms with Gasteiger partial charge in [0, 0.05) is 20.8 Å². The summed E-state index contributed by atoms with van der Waals surface area (Å²) in [6.45, 7) is 9.04. The molecule has 0 aromatic carbocycles. The topological polar surface area (TPSA) is 119 Å². The van der Waals surface area contributed by atoms with E-state index in [9.17, 15) is 9.59 Å². The van der Waals surface area contributed by atoms with E-state index in [0.29, 0.717) is 65.7 Å². The molecular formula is C24H46O10. The fourth-order valence-corrected chi connectivity index (χ4v) is 3.44. The largest absolute Gasteiger partial charge is 0.463 e. The molecule has 0 saturated heterocycles. The quantitative estimate of drug-likeness (QED) is 0.167. The minimum Gasteiger partial charge on any atom is -0.463 e. The van der Waals surface area contributed by atoms with E-state index in [0.717, 1.165) is 12.8 Å². The second-order valence-corrected chi connectivity index (χ2v) is 8.90. The van der Waals surface area contributed by atoms with Crippen molar-refractivity contribution in [3.05, 3.63) is 0 Å². The molecule has 0 aromatic heterocycles. The lowest BCUT2D eigenvalue weighted by molar-refractivity contribution is -0.164. The van der Waals surface area contributed by atoms with Gasteiger partial charge in [0.1, 0.15) is 13.2 Å². The molecule has 0 fully saturated rings. The average Bonchev–Trinajstić information content (AvgIpc) is 2.79. The molecular weight excluding hydrogens is 448 g/mol. The minimum absolute atomic E-state index is 0.00298. The summed E-state index contributed by atoms with van der Waals surface area (Å²) < 4.78 is 36.7. The van der Waals surface area contributed by atoms with Gasteiger partial charge in [-0.2, -0.15) is 0 Å². The summed E-state index contributed by atoms with van der Waals surface area (Å²) in [5.74, 6) is -0.717. The van der Waals surface area contributed by atoms with Gasteiger partial charge < -0.3 is 38.3 Å². The molecule has 0 bridgehead atoms. The first-order valence-electron chi connectivity index (χ1n) is 11.9. The van der Waals surface area contributed by atoms with Crippen LogP contribution in [-0.4, -0.2) is 104 Å². The number of esters is 2. The highest BCUT2D eigenvalue weighted by molar-refractivity contribution is 5.80. The summed E-state index contributed by atoms with van der Waals surface area (Å²) in [6.07, 6.45) is 2.35. The Balaban J connectivity index is 4.54. The average molecular weight is 495 g/mol. The van der Waals surface area contributed by atoms with Gasteiger partial charge >= 0.3 is 11.9 Å². The summed E-state index contributed by atoms with van der Waals surface area (Å²) in [5, 5.41) is 8.62. The molecule has 0 aromatic rings. The van der Waals surface area contributed by atoms with Gasteiger partial charge in [0.25, 0.3) is 0 Å². The van der Waals surface area contributed by atoms with Crippen LogP contribution in [0.5, 0.6) is 0 Å². The van der Waals surface area contributed by atoms with Crippen LogP contribution in [-0.2, 0) is 42.7 Å². The predicted molar refractivity (Wildman–Crippen MR) is 126 cm³/mol. The molecule has 0 heterocycles. The third-order valence-corrected chi connectivity index (χ3v) is 5.17. The van der Waals surface area contributed by atoms with E-state index < -0.39 is 10.8 Å². The summed E-state index contributed by atoms with van der Waals surface area (Å²) in [5.41, 5.74) is -1.72.